The van der Waals surface area contributed by atoms with Gasteiger partial charge in [0.1, 0.15) is 0 Å². The van der Waals surface area contributed by atoms with Gasteiger partial charge in [-0.1, -0.05) is 0 Å². The minimum atomic E-state index is -3.17. The van der Waals surface area contributed by atoms with E-state index in [9.17, 15) is 4.57 Å². The molecule has 10 heteroatoms. The fourth-order valence-electron chi connectivity index (χ4n) is 2.68. The molecule has 0 aliphatic carbocycles. The maximum atomic E-state index is 12.9. The quantitative estimate of drug-likeness (QED) is 0.556. The molecule has 0 radical (unpaired) electrons. The predicted molar refractivity (Wildman–Crippen MR) is 106 cm³/mol. The van der Waals surface area contributed by atoms with Crippen LogP contribution >= 0.6 is 23.0 Å². The van der Waals surface area contributed by atoms with Crippen LogP contribution in [0.3, 0.4) is 0 Å². The van der Waals surface area contributed by atoms with Crippen LogP contribution in [0.2, 0.25) is 0 Å². The van der Waals surface area contributed by atoms with Crippen molar-refractivity contribution in [2.24, 2.45) is 11.8 Å². The first kappa shape index (κ1) is 22.1. The van der Waals surface area contributed by atoms with Crippen LogP contribution in [-0.4, -0.2) is 72.0 Å². The van der Waals surface area contributed by atoms with Crippen molar-refractivity contribution in [3.05, 3.63) is 0 Å². The molecule has 2 heterocycles. The predicted octanol–water partition coefficient (Wildman–Crippen LogP) is 3.63. The summed E-state index contributed by atoms with van der Waals surface area (Å²) in [6, 6.07) is 0. The monoisotopic (exact) mass is 420 g/mol. The van der Waals surface area contributed by atoms with Crippen LogP contribution in [0.5, 0.6) is 0 Å². The maximum absolute atomic E-state index is 12.9. The van der Waals surface area contributed by atoms with E-state index in [-0.39, 0.29) is 11.8 Å². The molecule has 2 aliphatic rings. The zero-order chi connectivity index (χ0) is 18.6. The van der Waals surface area contributed by atoms with Crippen molar-refractivity contribution in [2.75, 3.05) is 72.0 Å². The van der Waals surface area contributed by atoms with Gasteiger partial charge in [0.2, 0.25) is 0 Å². The van der Waals surface area contributed by atoms with Gasteiger partial charge in [0.25, 0.3) is 0 Å². The number of hydrogen-bond acceptors (Lipinski definition) is 7. The second kappa shape index (κ2) is 9.37. The van der Waals surface area contributed by atoms with E-state index in [0.717, 1.165) is 12.3 Å². The summed E-state index contributed by atoms with van der Waals surface area (Å²) in [7, 11) is -5.71. The molecule has 0 aromatic carbocycles. The molecule has 2 aliphatic heterocycles. The first-order chi connectivity index (χ1) is 11.8. The van der Waals surface area contributed by atoms with Crippen LogP contribution in [0.4, 0.5) is 0 Å². The third-order valence-electron chi connectivity index (χ3n) is 5.05. The van der Waals surface area contributed by atoms with Gasteiger partial charge in [-0.15, -0.1) is 0 Å². The molecule has 0 aromatic rings. The summed E-state index contributed by atoms with van der Waals surface area (Å²) in [5.41, 5.74) is 0. The number of hydrogen-bond donors (Lipinski definition) is 0. The van der Waals surface area contributed by atoms with Gasteiger partial charge in [-0.25, -0.2) is 0 Å². The van der Waals surface area contributed by atoms with E-state index >= 15 is 0 Å². The van der Waals surface area contributed by atoms with Crippen molar-refractivity contribution in [3.63, 3.8) is 0 Å². The van der Waals surface area contributed by atoms with Gasteiger partial charge in [0.05, 0.1) is 0 Å². The van der Waals surface area contributed by atoms with E-state index < -0.39 is 23.0 Å². The summed E-state index contributed by atoms with van der Waals surface area (Å²) in [5, 5.41) is 0. The molecule has 0 amide bonds. The minimum absolute atomic E-state index is 0.0348. The standard InChI is InChI=1S/C15H35O7P3/c1-6-23(4)18-8-14(9-19-23)10-22-25(16,17-3)13-15-11-20-24(5,7-2)21-12-15/h14-15,23-24H,6-13H2,1-5H3. The molecule has 152 valence electrons. The van der Waals surface area contributed by atoms with Gasteiger partial charge < -0.3 is 0 Å². The molecule has 25 heavy (non-hydrogen) atoms. The van der Waals surface area contributed by atoms with Gasteiger partial charge in [0, 0.05) is 0 Å². The molecule has 7 nitrogen and oxygen atoms in total. The molecule has 0 saturated carbocycles. The van der Waals surface area contributed by atoms with E-state index in [0.29, 0.717) is 39.2 Å². The van der Waals surface area contributed by atoms with E-state index in [1.807, 2.05) is 0 Å². The van der Waals surface area contributed by atoms with Gasteiger partial charge >= 0.3 is 152 Å². The van der Waals surface area contributed by atoms with Gasteiger partial charge in [-0.05, 0) is 0 Å². The fraction of sp³-hybridized carbons (Fsp3) is 1.00. The topological polar surface area (TPSA) is 72.5 Å². The van der Waals surface area contributed by atoms with Crippen molar-refractivity contribution >= 4 is 23.0 Å². The Bertz CT molecular complexity index is 460. The average Bonchev–Trinajstić information content (AvgIpc) is 2.63. The Morgan fingerprint density at radius 3 is 1.76 bits per heavy atom. The first-order valence-corrected chi connectivity index (χ1v) is 15.9. The Morgan fingerprint density at radius 2 is 1.36 bits per heavy atom. The molecule has 1 atom stereocenters. The molecular formula is C15H35O7P3. The number of rotatable bonds is 8. The molecule has 2 saturated heterocycles. The van der Waals surface area contributed by atoms with Crippen LogP contribution in [0.25, 0.3) is 0 Å². The van der Waals surface area contributed by atoms with E-state index in [4.69, 9.17) is 27.1 Å². The van der Waals surface area contributed by atoms with Crippen LogP contribution in [0, 0.1) is 11.8 Å². The zero-order valence-electron chi connectivity index (χ0n) is 16.1. The van der Waals surface area contributed by atoms with Crippen LogP contribution in [0.1, 0.15) is 13.8 Å². The molecule has 2 rings (SSSR count). The Labute approximate surface area is 152 Å². The third-order valence-corrected chi connectivity index (χ3v) is 12.8. The van der Waals surface area contributed by atoms with Crippen LogP contribution in [-0.2, 0) is 31.7 Å². The van der Waals surface area contributed by atoms with Gasteiger partial charge in [-0.3, -0.25) is 0 Å². The van der Waals surface area contributed by atoms with Crippen molar-refractivity contribution in [1.82, 2.24) is 0 Å². The summed E-state index contributed by atoms with van der Waals surface area (Å²) >= 11 is 0. The fourth-order valence-corrected chi connectivity index (χ4v) is 7.66. The normalized spacial score (nSPS) is 34.0. The van der Waals surface area contributed by atoms with Gasteiger partial charge in [0.15, 0.2) is 0 Å². The SMILES string of the molecule is CC[PH]1(C)OCC(COP(=O)(CC2CO[PH](C)(CC)OC2)OC)CO1. The zero-order valence-corrected chi connectivity index (χ0v) is 19.0. The Morgan fingerprint density at radius 1 is 0.920 bits per heavy atom. The second-order valence-corrected chi connectivity index (χ2v) is 16.5. The Balaban J connectivity index is 1.78. The van der Waals surface area contributed by atoms with Crippen LogP contribution < -0.4 is 0 Å². The first-order valence-electron chi connectivity index (χ1n) is 9.10. The van der Waals surface area contributed by atoms with E-state index in [1.165, 1.54) is 7.11 Å². The summed E-state index contributed by atoms with van der Waals surface area (Å²) in [6.07, 6.45) is 2.16. The molecule has 2 fully saturated rings. The average molecular weight is 420 g/mol. The molecule has 1 unspecified atom stereocenters. The third kappa shape index (κ3) is 6.45. The van der Waals surface area contributed by atoms with E-state index in [2.05, 4.69) is 27.2 Å². The van der Waals surface area contributed by atoms with Crippen molar-refractivity contribution < 1.29 is 31.7 Å². The Hall–Kier alpha value is 0.850. The van der Waals surface area contributed by atoms with Gasteiger partial charge in [-0.2, -0.15) is 0 Å². The molecular weight excluding hydrogens is 385 g/mol. The summed E-state index contributed by atoms with van der Waals surface area (Å²) in [4.78, 5) is 0. The summed E-state index contributed by atoms with van der Waals surface area (Å²) in [5.74, 6) is 0.123. The molecule has 0 bridgehead atoms. The van der Waals surface area contributed by atoms with Crippen molar-refractivity contribution in [1.29, 1.82) is 0 Å². The van der Waals surface area contributed by atoms with Crippen molar-refractivity contribution in [2.45, 2.75) is 13.8 Å². The Kier molecular flexibility index (Phi) is 8.29. The molecule has 0 N–H and O–H groups in total. The molecule has 0 aromatic heterocycles. The molecule has 0 spiro atoms. The summed E-state index contributed by atoms with van der Waals surface area (Å²) in [6.45, 7) is 10.9. The van der Waals surface area contributed by atoms with Crippen molar-refractivity contribution in [3.8, 4) is 0 Å². The van der Waals surface area contributed by atoms with Crippen LogP contribution in [0.15, 0.2) is 0 Å². The second-order valence-electron chi connectivity index (χ2n) is 7.22. The van der Waals surface area contributed by atoms with E-state index in [1.54, 1.807) is 0 Å². The summed E-state index contributed by atoms with van der Waals surface area (Å²) < 4.78 is 47.4.